The highest BCUT2D eigenvalue weighted by atomic mass is 35.5. The second-order valence-electron chi connectivity index (χ2n) is 5.06. The van der Waals surface area contributed by atoms with Gasteiger partial charge in [-0.15, -0.1) is 0 Å². The van der Waals surface area contributed by atoms with Crippen molar-refractivity contribution in [3.63, 3.8) is 0 Å². The normalized spacial score (nSPS) is 13.9. The molecule has 0 radical (unpaired) electrons. The number of amides is 1. The summed E-state index contributed by atoms with van der Waals surface area (Å²) in [5, 5.41) is 0.647. The fourth-order valence-electron chi connectivity index (χ4n) is 2.40. The van der Waals surface area contributed by atoms with E-state index in [1.807, 2.05) is 11.6 Å². The molecule has 0 atom stereocenters. The van der Waals surface area contributed by atoms with Crippen molar-refractivity contribution in [2.24, 2.45) is 7.05 Å². The van der Waals surface area contributed by atoms with E-state index in [0.717, 1.165) is 17.8 Å². The summed E-state index contributed by atoms with van der Waals surface area (Å²) in [7, 11) is 1.95. The van der Waals surface area contributed by atoms with Gasteiger partial charge in [0.2, 0.25) is 0 Å². The van der Waals surface area contributed by atoms with Crippen LogP contribution in [0, 0.1) is 0 Å². The second kappa shape index (κ2) is 5.77. The first-order valence-corrected chi connectivity index (χ1v) is 7.16. The lowest BCUT2D eigenvalue weighted by molar-refractivity contribution is -0.134. The Hall–Kier alpha value is -2.01. The van der Waals surface area contributed by atoms with Gasteiger partial charge in [0.1, 0.15) is 5.75 Å². The summed E-state index contributed by atoms with van der Waals surface area (Å²) in [6, 6.07) is 6.99. The first-order valence-electron chi connectivity index (χ1n) is 6.78. The van der Waals surface area contributed by atoms with Crippen molar-refractivity contribution in [1.82, 2.24) is 14.5 Å². The van der Waals surface area contributed by atoms with Crippen LogP contribution in [0.2, 0.25) is 5.02 Å². The molecule has 6 heteroatoms. The van der Waals surface area contributed by atoms with E-state index < -0.39 is 0 Å². The average Bonchev–Trinajstić information content (AvgIpc) is 2.87. The minimum absolute atomic E-state index is 0.0169. The average molecular weight is 306 g/mol. The Labute approximate surface area is 128 Å². The quantitative estimate of drug-likeness (QED) is 0.872. The van der Waals surface area contributed by atoms with Gasteiger partial charge in [-0.05, 0) is 24.3 Å². The van der Waals surface area contributed by atoms with Crippen molar-refractivity contribution in [1.29, 1.82) is 0 Å². The molecule has 0 fully saturated rings. The molecule has 21 heavy (non-hydrogen) atoms. The molecule has 3 rings (SSSR count). The van der Waals surface area contributed by atoms with E-state index in [2.05, 4.69) is 4.98 Å². The van der Waals surface area contributed by atoms with Crippen LogP contribution in [0.15, 0.2) is 30.6 Å². The van der Waals surface area contributed by atoms with Crippen molar-refractivity contribution in [2.75, 3.05) is 13.2 Å². The van der Waals surface area contributed by atoms with Gasteiger partial charge in [-0.25, -0.2) is 4.98 Å². The van der Waals surface area contributed by atoms with Gasteiger partial charge in [-0.1, -0.05) is 11.6 Å². The van der Waals surface area contributed by atoms with Gasteiger partial charge in [0.15, 0.2) is 6.61 Å². The zero-order valence-corrected chi connectivity index (χ0v) is 12.5. The summed E-state index contributed by atoms with van der Waals surface area (Å²) in [4.78, 5) is 18.4. The SMILES string of the molecule is Cn1cnc2c1CN(C(=O)COc1ccc(Cl)cc1)CC2. The molecule has 0 saturated carbocycles. The van der Waals surface area contributed by atoms with Crippen molar-refractivity contribution in [2.45, 2.75) is 13.0 Å². The highest BCUT2D eigenvalue weighted by Gasteiger charge is 2.23. The number of halogens is 1. The number of aryl methyl sites for hydroxylation is 1. The molecule has 1 aliphatic rings. The molecule has 0 saturated heterocycles. The van der Waals surface area contributed by atoms with Crippen LogP contribution in [0.5, 0.6) is 5.75 Å². The van der Waals surface area contributed by atoms with Crippen LogP contribution in [0.25, 0.3) is 0 Å². The van der Waals surface area contributed by atoms with E-state index >= 15 is 0 Å². The first kappa shape index (κ1) is 13.9. The lowest BCUT2D eigenvalue weighted by Crippen LogP contribution is -2.39. The maximum atomic E-state index is 12.2. The van der Waals surface area contributed by atoms with E-state index in [1.165, 1.54) is 0 Å². The van der Waals surface area contributed by atoms with Gasteiger partial charge in [-0.3, -0.25) is 4.79 Å². The number of carbonyl (C=O) groups excluding carboxylic acids is 1. The Morgan fingerprint density at radius 1 is 1.38 bits per heavy atom. The highest BCUT2D eigenvalue weighted by molar-refractivity contribution is 6.30. The van der Waals surface area contributed by atoms with Gasteiger partial charge in [-0.2, -0.15) is 0 Å². The topological polar surface area (TPSA) is 47.4 Å². The monoisotopic (exact) mass is 305 g/mol. The number of ether oxygens (including phenoxy) is 1. The fourth-order valence-corrected chi connectivity index (χ4v) is 2.52. The molecule has 0 bridgehead atoms. The molecule has 0 N–H and O–H groups in total. The maximum absolute atomic E-state index is 12.2. The fraction of sp³-hybridized carbons (Fsp3) is 0.333. The van der Waals surface area contributed by atoms with Crippen molar-refractivity contribution >= 4 is 17.5 Å². The molecule has 2 heterocycles. The molecule has 0 spiro atoms. The van der Waals surface area contributed by atoms with Crippen molar-refractivity contribution in [3.05, 3.63) is 47.0 Å². The predicted octanol–water partition coefficient (Wildman–Crippen LogP) is 2.04. The van der Waals surface area contributed by atoms with Gasteiger partial charge in [0, 0.05) is 25.0 Å². The van der Waals surface area contributed by atoms with Gasteiger partial charge in [0.05, 0.1) is 24.3 Å². The molecule has 0 aliphatic carbocycles. The Morgan fingerprint density at radius 2 is 2.14 bits per heavy atom. The Balaban J connectivity index is 1.59. The second-order valence-corrected chi connectivity index (χ2v) is 5.49. The number of imidazole rings is 1. The molecular weight excluding hydrogens is 290 g/mol. The van der Waals surface area contributed by atoms with Crippen molar-refractivity contribution in [3.8, 4) is 5.75 Å². The third kappa shape index (κ3) is 3.03. The molecule has 110 valence electrons. The summed E-state index contributed by atoms with van der Waals surface area (Å²) in [5.74, 6) is 0.628. The lowest BCUT2D eigenvalue weighted by atomic mass is 10.1. The predicted molar refractivity (Wildman–Crippen MR) is 79.3 cm³/mol. The van der Waals surface area contributed by atoms with E-state index in [9.17, 15) is 4.79 Å². The number of benzene rings is 1. The molecule has 0 unspecified atom stereocenters. The summed E-state index contributed by atoms with van der Waals surface area (Å²) >= 11 is 5.81. The van der Waals surface area contributed by atoms with Crippen LogP contribution in [-0.2, 0) is 24.8 Å². The number of hydrogen-bond donors (Lipinski definition) is 0. The molecule has 1 aromatic carbocycles. The van der Waals surface area contributed by atoms with E-state index in [0.29, 0.717) is 23.9 Å². The molecule has 1 amide bonds. The Kier molecular flexibility index (Phi) is 3.84. The van der Waals surface area contributed by atoms with Gasteiger partial charge < -0.3 is 14.2 Å². The molecular formula is C15H16ClN3O2. The number of carbonyl (C=O) groups is 1. The molecule has 1 aromatic heterocycles. The van der Waals surface area contributed by atoms with Crippen LogP contribution in [0.3, 0.4) is 0 Å². The summed E-state index contributed by atoms with van der Waals surface area (Å²) in [5.41, 5.74) is 2.18. The van der Waals surface area contributed by atoms with Gasteiger partial charge >= 0.3 is 0 Å². The van der Waals surface area contributed by atoms with Crippen LogP contribution < -0.4 is 4.74 Å². The van der Waals surface area contributed by atoms with Crippen LogP contribution in [0.1, 0.15) is 11.4 Å². The minimum Gasteiger partial charge on any atom is -0.484 e. The number of rotatable bonds is 3. The van der Waals surface area contributed by atoms with Crippen LogP contribution in [-0.4, -0.2) is 33.5 Å². The minimum atomic E-state index is -0.0169. The lowest BCUT2D eigenvalue weighted by Gasteiger charge is -2.27. The third-order valence-corrected chi connectivity index (χ3v) is 3.89. The zero-order chi connectivity index (χ0) is 14.8. The van der Waals surface area contributed by atoms with E-state index in [4.69, 9.17) is 16.3 Å². The summed E-state index contributed by atoms with van der Waals surface area (Å²) in [6.07, 6.45) is 2.59. The highest BCUT2D eigenvalue weighted by Crippen LogP contribution is 2.18. The van der Waals surface area contributed by atoms with Crippen LogP contribution >= 0.6 is 11.6 Å². The number of hydrogen-bond acceptors (Lipinski definition) is 3. The van der Waals surface area contributed by atoms with E-state index in [1.54, 1.807) is 35.5 Å². The Morgan fingerprint density at radius 3 is 2.90 bits per heavy atom. The smallest absolute Gasteiger partial charge is 0.260 e. The van der Waals surface area contributed by atoms with Gasteiger partial charge in [0.25, 0.3) is 5.91 Å². The largest absolute Gasteiger partial charge is 0.484 e. The molecule has 1 aliphatic heterocycles. The summed E-state index contributed by atoms with van der Waals surface area (Å²) < 4.78 is 7.47. The first-order chi connectivity index (χ1) is 10.1. The standard InChI is InChI=1S/C15H16ClN3O2/c1-18-10-17-13-6-7-19(8-14(13)18)15(20)9-21-12-4-2-11(16)3-5-12/h2-5,10H,6-9H2,1H3. The number of aromatic nitrogens is 2. The van der Waals surface area contributed by atoms with Crippen molar-refractivity contribution < 1.29 is 9.53 Å². The van der Waals surface area contributed by atoms with E-state index in [-0.39, 0.29) is 12.5 Å². The van der Waals surface area contributed by atoms with Crippen LogP contribution in [0.4, 0.5) is 0 Å². The molecule has 5 nitrogen and oxygen atoms in total. The molecule has 2 aromatic rings. The summed E-state index contributed by atoms with van der Waals surface area (Å²) in [6.45, 7) is 1.32. The third-order valence-electron chi connectivity index (χ3n) is 3.63. The number of nitrogens with zero attached hydrogens (tertiary/aromatic N) is 3. The Bertz CT molecular complexity index is 651. The zero-order valence-electron chi connectivity index (χ0n) is 11.8. The maximum Gasteiger partial charge on any atom is 0.260 e. The number of fused-ring (bicyclic) bond motifs is 1.